The van der Waals surface area contributed by atoms with E-state index in [-0.39, 0.29) is 13.0 Å². The first-order chi connectivity index (χ1) is 8.34. The average molecular weight is 261 g/mol. The molecule has 0 fully saturated rings. The van der Waals surface area contributed by atoms with Crippen molar-refractivity contribution in [2.24, 2.45) is 5.73 Å². The van der Waals surface area contributed by atoms with E-state index >= 15 is 0 Å². The summed E-state index contributed by atoms with van der Waals surface area (Å²) in [5.41, 5.74) is 5.43. The summed E-state index contributed by atoms with van der Waals surface area (Å²) in [4.78, 5) is 11.2. The van der Waals surface area contributed by atoms with Crippen LogP contribution >= 0.6 is 0 Å². The molecular formula is C12H14F3NO2. The molecule has 0 bridgehead atoms. The lowest BCUT2D eigenvalue weighted by molar-refractivity contribution is -0.143. The van der Waals surface area contributed by atoms with Gasteiger partial charge in [0.15, 0.2) is 0 Å². The van der Waals surface area contributed by atoms with Crippen molar-refractivity contribution in [2.45, 2.75) is 25.6 Å². The van der Waals surface area contributed by atoms with Crippen molar-refractivity contribution in [1.29, 1.82) is 0 Å². The molecule has 2 N–H and O–H groups in total. The maximum absolute atomic E-state index is 12.3. The second-order valence-electron chi connectivity index (χ2n) is 3.74. The topological polar surface area (TPSA) is 52.3 Å². The van der Waals surface area contributed by atoms with Gasteiger partial charge < -0.3 is 10.5 Å². The lowest BCUT2D eigenvalue weighted by Crippen LogP contribution is -2.17. The molecule has 0 aliphatic rings. The van der Waals surface area contributed by atoms with E-state index in [1.807, 2.05) is 0 Å². The van der Waals surface area contributed by atoms with Gasteiger partial charge >= 0.3 is 12.1 Å². The van der Waals surface area contributed by atoms with E-state index in [0.717, 1.165) is 12.1 Å². The standard InChI is InChI=1S/C12H14F3NO2/c1-2-18-11(17)7-10(16)8-3-5-9(6-4-8)12(13,14)15/h3-6,10H,2,7,16H2,1H3. The van der Waals surface area contributed by atoms with Crippen LogP contribution in [0.1, 0.15) is 30.5 Å². The van der Waals surface area contributed by atoms with Crippen LogP contribution < -0.4 is 5.73 Å². The van der Waals surface area contributed by atoms with Crippen LogP contribution in [0.2, 0.25) is 0 Å². The second kappa shape index (κ2) is 5.86. The summed E-state index contributed by atoms with van der Waals surface area (Å²) in [6.45, 7) is 1.92. The van der Waals surface area contributed by atoms with E-state index in [1.54, 1.807) is 6.92 Å². The van der Waals surface area contributed by atoms with Crippen LogP contribution in [-0.2, 0) is 15.7 Å². The van der Waals surface area contributed by atoms with Crippen LogP contribution in [0.15, 0.2) is 24.3 Å². The fourth-order valence-corrected chi connectivity index (χ4v) is 1.44. The Kier molecular flexibility index (Phi) is 4.72. The van der Waals surface area contributed by atoms with Crippen LogP contribution in [0.3, 0.4) is 0 Å². The summed E-state index contributed by atoms with van der Waals surface area (Å²) >= 11 is 0. The Balaban J connectivity index is 2.70. The summed E-state index contributed by atoms with van der Waals surface area (Å²) in [5, 5.41) is 0. The number of rotatable bonds is 4. The van der Waals surface area contributed by atoms with Crippen molar-refractivity contribution in [2.75, 3.05) is 6.61 Å². The molecule has 0 radical (unpaired) electrons. The average Bonchev–Trinajstić information content (AvgIpc) is 2.28. The fourth-order valence-electron chi connectivity index (χ4n) is 1.44. The Morgan fingerprint density at radius 2 is 1.89 bits per heavy atom. The zero-order valence-electron chi connectivity index (χ0n) is 9.83. The molecule has 1 aromatic rings. The lowest BCUT2D eigenvalue weighted by atomic mass is 10.0. The van der Waals surface area contributed by atoms with Crippen LogP contribution in [-0.4, -0.2) is 12.6 Å². The summed E-state index contributed by atoms with van der Waals surface area (Å²) in [7, 11) is 0. The minimum Gasteiger partial charge on any atom is -0.466 e. The number of ether oxygens (including phenoxy) is 1. The van der Waals surface area contributed by atoms with Crippen LogP contribution in [0.4, 0.5) is 13.2 Å². The van der Waals surface area contributed by atoms with Gasteiger partial charge in [-0.1, -0.05) is 12.1 Å². The van der Waals surface area contributed by atoms with Crippen molar-refractivity contribution < 1.29 is 22.7 Å². The predicted octanol–water partition coefficient (Wildman–Crippen LogP) is 2.66. The van der Waals surface area contributed by atoms with Gasteiger partial charge in [-0.25, -0.2) is 0 Å². The van der Waals surface area contributed by atoms with Gasteiger partial charge in [0.05, 0.1) is 18.6 Å². The highest BCUT2D eigenvalue weighted by Gasteiger charge is 2.30. The van der Waals surface area contributed by atoms with Gasteiger partial charge in [-0.15, -0.1) is 0 Å². The molecule has 0 heterocycles. The number of halogens is 3. The first-order valence-corrected chi connectivity index (χ1v) is 5.43. The molecule has 6 heteroatoms. The third-order valence-corrected chi connectivity index (χ3v) is 2.36. The molecule has 1 unspecified atom stereocenters. The largest absolute Gasteiger partial charge is 0.466 e. The van der Waals surface area contributed by atoms with Crippen molar-refractivity contribution in [3.05, 3.63) is 35.4 Å². The summed E-state index contributed by atoms with van der Waals surface area (Å²) in [5.74, 6) is -0.468. The quantitative estimate of drug-likeness (QED) is 0.848. The monoisotopic (exact) mass is 261 g/mol. The number of benzene rings is 1. The third-order valence-electron chi connectivity index (χ3n) is 2.36. The Bertz CT molecular complexity index is 401. The van der Waals surface area contributed by atoms with Crippen LogP contribution in [0.25, 0.3) is 0 Å². The van der Waals surface area contributed by atoms with Gasteiger partial charge in [0.25, 0.3) is 0 Å². The molecule has 0 saturated carbocycles. The Morgan fingerprint density at radius 1 is 1.33 bits per heavy atom. The van der Waals surface area contributed by atoms with Crippen molar-refractivity contribution in [1.82, 2.24) is 0 Å². The van der Waals surface area contributed by atoms with Gasteiger partial charge in [-0.05, 0) is 24.6 Å². The number of alkyl halides is 3. The van der Waals surface area contributed by atoms with E-state index in [1.165, 1.54) is 12.1 Å². The molecule has 0 aromatic heterocycles. The highest BCUT2D eigenvalue weighted by Crippen LogP contribution is 2.30. The van der Waals surface area contributed by atoms with E-state index < -0.39 is 23.8 Å². The van der Waals surface area contributed by atoms with Gasteiger partial charge in [0.2, 0.25) is 0 Å². The molecule has 100 valence electrons. The molecule has 0 amide bonds. The molecule has 0 spiro atoms. The molecule has 18 heavy (non-hydrogen) atoms. The van der Waals surface area contributed by atoms with Crippen molar-refractivity contribution >= 4 is 5.97 Å². The van der Waals surface area contributed by atoms with E-state index in [2.05, 4.69) is 0 Å². The number of hydrogen-bond donors (Lipinski definition) is 1. The number of hydrogen-bond acceptors (Lipinski definition) is 3. The van der Waals surface area contributed by atoms with Crippen molar-refractivity contribution in [3.8, 4) is 0 Å². The fraction of sp³-hybridized carbons (Fsp3) is 0.417. The molecule has 0 aliphatic heterocycles. The normalized spacial score (nSPS) is 13.2. The smallest absolute Gasteiger partial charge is 0.416 e. The van der Waals surface area contributed by atoms with E-state index in [9.17, 15) is 18.0 Å². The number of nitrogens with two attached hydrogens (primary N) is 1. The third kappa shape index (κ3) is 4.03. The first kappa shape index (κ1) is 14.5. The Morgan fingerprint density at radius 3 is 2.33 bits per heavy atom. The maximum atomic E-state index is 12.3. The first-order valence-electron chi connectivity index (χ1n) is 5.43. The minimum absolute atomic E-state index is 0.0563. The van der Waals surface area contributed by atoms with Gasteiger partial charge in [0, 0.05) is 6.04 Å². The zero-order chi connectivity index (χ0) is 13.8. The molecule has 3 nitrogen and oxygen atoms in total. The highest BCUT2D eigenvalue weighted by molar-refractivity contribution is 5.70. The summed E-state index contributed by atoms with van der Waals surface area (Å²) in [6, 6.07) is 3.77. The second-order valence-corrected chi connectivity index (χ2v) is 3.74. The maximum Gasteiger partial charge on any atom is 0.416 e. The summed E-state index contributed by atoms with van der Waals surface area (Å²) < 4.78 is 41.7. The van der Waals surface area contributed by atoms with Gasteiger partial charge in [-0.3, -0.25) is 4.79 Å². The highest BCUT2D eigenvalue weighted by atomic mass is 19.4. The molecule has 1 atom stereocenters. The predicted molar refractivity (Wildman–Crippen MR) is 59.6 cm³/mol. The van der Waals surface area contributed by atoms with E-state index in [4.69, 9.17) is 10.5 Å². The van der Waals surface area contributed by atoms with Crippen molar-refractivity contribution in [3.63, 3.8) is 0 Å². The van der Waals surface area contributed by atoms with E-state index in [0.29, 0.717) is 5.56 Å². The zero-order valence-corrected chi connectivity index (χ0v) is 9.83. The number of carbonyl (C=O) groups excluding carboxylic acids is 1. The SMILES string of the molecule is CCOC(=O)CC(N)c1ccc(C(F)(F)F)cc1. The summed E-state index contributed by atoms with van der Waals surface area (Å²) in [6.07, 6.45) is -4.43. The number of carbonyl (C=O) groups is 1. The number of esters is 1. The minimum atomic E-state index is -4.37. The molecule has 1 rings (SSSR count). The van der Waals surface area contributed by atoms with Crippen LogP contribution in [0, 0.1) is 0 Å². The van der Waals surface area contributed by atoms with Gasteiger partial charge in [0.1, 0.15) is 0 Å². The Labute approximate surface area is 103 Å². The van der Waals surface area contributed by atoms with Gasteiger partial charge in [-0.2, -0.15) is 13.2 Å². The van der Waals surface area contributed by atoms with Crippen LogP contribution in [0.5, 0.6) is 0 Å². The Hall–Kier alpha value is -1.56. The lowest BCUT2D eigenvalue weighted by Gasteiger charge is -2.12. The molecule has 0 aliphatic carbocycles. The molecule has 0 saturated heterocycles. The molecule has 1 aromatic carbocycles. The molecular weight excluding hydrogens is 247 g/mol.